The fraction of sp³-hybridized carbons (Fsp3) is 0.192. The summed E-state index contributed by atoms with van der Waals surface area (Å²) < 4.78 is 7.28. The average Bonchev–Trinajstić information content (AvgIpc) is 3.59. The number of nitrogens with zero attached hydrogens (tertiary/aromatic N) is 4. The molecule has 0 atom stereocenters. The van der Waals surface area contributed by atoms with Gasteiger partial charge in [-0.1, -0.05) is 36.4 Å². The fourth-order valence-electron chi connectivity index (χ4n) is 4.12. The van der Waals surface area contributed by atoms with Crippen molar-refractivity contribution in [3.63, 3.8) is 0 Å². The summed E-state index contributed by atoms with van der Waals surface area (Å²) in [6, 6.07) is 21.0. The number of methoxy groups -OCH3 is 1. The first-order valence-electron chi connectivity index (χ1n) is 11.1. The number of carbonyl (C=O) groups is 2. The van der Waals surface area contributed by atoms with Crippen molar-refractivity contribution in [2.45, 2.75) is 0 Å². The number of benzene rings is 2. The van der Waals surface area contributed by atoms with E-state index in [2.05, 4.69) is 0 Å². The van der Waals surface area contributed by atoms with E-state index in [-0.39, 0.29) is 11.8 Å². The van der Waals surface area contributed by atoms with Gasteiger partial charge in [-0.05, 0) is 35.7 Å². The smallest absolute Gasteiger partial charge is 0.264 e. The molecule has 172 valence electrons. The fourth-order valence-corrected chi connectivity index (χ4v) is 4.81. The van der Waals surface area contributed by atoms with Crippen LogP contribution in [0.3, 0.4) is 0 Å². The maximum absolute atomic E-state index is 13.7. The molecule has 0 unspecified atom stereocenters. The summed E-state index contributed by atoms with van der Waals surface area (Å²) >= 11 is 1.44. The number of hydrogen-bond donors (Lipinski definition) is 0. The molecule has 4 aromatic rings. The van der Waals surface area contributed by atoms with Gasteiger partial charge in [0.05, 0.1) is 23.2 Å². The van der Waals surface area contributed by atoms with Crippen molar-refractivity contribution in [3.05, 3.63) is 88.7 Å². The topological polar surface area (TPSA) is 67.7 Å². The van der Waals surface area contributed by atoms with Gasteiger partial charge in [0.2, 0.25) is 0 Å². The second kappa shape index (κ2) is 9.52. The second-order valence-electron chi connectivity index (χ2n) is 7.93. The molecule has 1 aliphatic heterocycles. The third-order valence-corrected chi connectivity index (χ3v) is 6.77. The highest BCUT2D eigenvalue weighted by atomic mass is 32.1. The zero-order valence-electron chi connectivity index (χ0n) is 18.8. The highest BCUT2D eigenvalue weighted by molar-refractivity contribution is 7.12. The molecule has 7 nitrogen and oxygen atoms in total. The summed E-state index contributed by atoms with van der Waals surface area (Å²) in [5.41, 5.74) is 2.70. The summed E-state index contributed by atoms with van der Waals surface area (Å²) in [5.74, 6) is 0.571. The Kier molecular flexibility index (Phi) is 6.14. The van der Waals surface area contributed by atoms with Crippen molar-refractivity contribution in [2.75, 3.05) is 33.3 Å². The number of hydrogen-bond acceptors (Lipinski definition) is 5. The number of piperazine rings is 1. The van der Waals surface area contributed by atoms with Gasteiger partial charge in [-0.25, -0.2) is 4.68 Å². The lowest BCUT2D eigenvalue weighted by Crippen LogP contribution is -2.50. The van der Waals surface area contributed by atoms with Gasteiger partial charge in [-0.2, -0.15) is 5.10 Å². The molecule has 0 radical (unpaired) electrons. The number of thiophene rings is 1. The van der Waals surface area contributed by atoms with Crippen LogP contribution in [-0.4, -0.2) is 64.7 Å². The Hall–Kier alpha value is -3.91. The Balaban J connectivity index is 1.44. The highest BCUT2D eigenvalue weighted by Gasteiger charge is 2.29. The number of rotatable bonds is 5. The summed E-state index contributed by atoms with van der Waals surface area (Å²) in [5, 5.41) is 6.68. The van der Waals surface area contributed by atoms with Crippen molar-refractivity contribution in [2.24, 2.45) is 0 Å². The van der Waals surface area contributed by atoms with Crippen LogP contribution < -0.4 is 4.74 Å². The molecule has 1 fully saturated rings. The van der Waals surface area contributed by atoms with E-state index >= 15 is 0 Å². The third kappa shape index (κ3) is 4.20. The Morgan fingerprint density at radius 3 is 2.21 bits per heavy atom. The number of amides is 2. The molecule has 0 N–H and O–H groups in total. The van der Waals surface area contributed by atoms with Crippen LogP contribution in [0.15, 0.2) is 78.3 Å². The lowest BCUT2D eigenvalue weighted by molar-refractivity contribution is 0.0538. The maximum atomic E-state index is 13.7. The van der Waals surface area contributed by atoms with Gasteiger partial charge in [0, 0.05) is 37.9 Å². The molecule has 2 aromatic heterocycles. The minimum absolute atomic E-state index is 0.0220. The van der Waals surface area contributed by atoms with Crippen LogP contribution in [0.5, 0.6) is 5.75 Å². The predicted octanol–water partition coefficient (Wildman–Crippen LogP) is 4.21. The summed E-state index contributed by atoms with van der Waals surface area (Å²) in [6.07, 6.45) is 1.78. The van der Waals surface area contributed by atoms with Crippen LogP contribution >= 0.6 is 11.3 Å². The van der Waals surface area contributed by atoms with Crippen LogP contribution in [-0.2, 0) is 0 Å². The number of carbonyl (C=O) groups excluding carboxylic acids is 2. The van der Waals surface area contributed by atoms with E-state index in [0.29, 0.717) is 43.2 Å². The minimum Gasteiger partial charge on any atom is -0.496 e. The summed E-state index contributed by atoms with van der Waals surface area (Å²) in [6.45, 7) is 1.94. The van der Waals surface area contributed by atoms with Gasteiger partial charge in [0.15, 0.2) is 0 Å². The first-order valence-corrected chi connectivity index (χ1v) is 11.9. The number of para-hydroxylation sites is 2. The predicted molar refractivity (Wildman–Crippen MR) is 132 cm³/mol. The SMILES string of the molecule is COc1ccccc1-c1nn(-c2ccccc2)cc1C(=O)N1CCN(C(=O)c2cccs2)CC1. The van der Waals surface area contributed by atoms with Crippen molar-refractivity contribution in [1.29, 1.82) is 0 Å². The van der Waals surface area contributed by atoms with Crippen molar-refractivity contribution in [1.82, 2.24) is 19.6 Å². The van der Waals surface area contributed by atoms with Gasteiger partial charge in [-0.3, -0.25) is 9.59 Å². The van der Waals surface area contributed by atoms with Crippen LogP contribution in [0.4, 0.5) is 0 Å². The van der Waals surface area contributed by atoms with Gasteiger partial charge in [0.1, 0.15) is 11.4 Å². The molecule has 5 rings (SSSR count). The molecule has 1 saturated heterocycles. The Bertz CT molecular complexity index is 1290. The maximum Gasteiger partial charge on any atom is 0.264 e. The Morgan fingerprint density at radius 1 is 0.853 bits per heavy atom. The molecular formula is C26H24N4O3S. The Labute approximate surface area is 201 Å². The summed E-state index contributed by atoms with van der Waals surface area (Å²) in [4.78, 5) is 30.7. The molecule has 0 saturated carbocycles. The molecule has 3 heterocycles. The van der Waals surface area contributed by atoms with E-state index in [1.165, 1.54) is 11.3 Å². The quantitative estimate of drug-likeness (QED) is 0.437. The van der Waals surface area contributed by atoms with Crippen molar-refractivity contribution >= 4 is 23.2 Å². The van der Waals surface area contributed by atoms with Gasteiger partial charge < -0.3 is 14.5 Å². The van der Waals surface area contributed by atoms with E-state index in [1.54, 1.807) is 22.9 Å². The van der Waals surface area contributed by atoms with E-state index in [9.17, 15) is 9.59 Å². The number of ether oxygens (including phenoxy) is 1. The molecule has 1 aliphatic rings. The minimum atomic E-state index is -0.105. The third-order valence-electron chi connectivity index (χ3n) is 5.91. The van der Waals surface area contributed by atoms with Gasteiger partial charge in [0.25, 0.3) is 11.8 Å². The molecule has 8 heteroatoms. The molecule has 0 spiro atoms. The van der Waals surface area contributed by atoms with Crippen molar-refractivity contribution in [3.8, 4) is 22.7 Å². The van der Waals surface area contributed by atoms with E-state index in [4.69, 9.17) is 9.84 Å². The lowest BCUT2D eigenvalue weighted by atomic mass is 10.1. The molecular weight excluding hydrogens is 448 g/mol. The van der Waals surface area contributed by atoms with E-state index in [0.717, 1.165) is 16.1 Å². The monoisotopic (exact) mass is 472 g/mol. The normalized spacial score (nSPS) is 13.7. The Morgan fingerprint density at radius 2 is 1.53 bits per heavy atom. The molecule has 2 aromatic carbocycles. The molecule has 34 heavy (non-hydrogen) atoms. The van der Waals surface area contributed by atoms with Gasteiger partial charge >= 0.3 is 0 Å². The first-order chi connectivity index (χ1) is 16.7. The largest absolute Gasteiger partial charge is 0.496 e. The molecule has 0 bridgehead atoms. The highest BCUT2D eigenvalue weighted by Crippen LogP contribution is 2.32. The van der Waals surface area contributed by atoms with E-state index in [1.807, 2.05) is 77.0 Å². The van der Waals surface area contributed by atoms with E-state index < -0.39 is 0 Å². The van der Waals surface area contributed by atoms with Crippen LogP contribution in [0, 0.1) is 0 Å². The first kappa shape index (κ1) is 21.9. The zero-order chi connectivity index (χ0) is 23.5. The average molecular weight is 473 g/mol. The zero-order valence-corrected chi connectivity index (χ0v) is 19.6. The van der Waals surface area contributed by atoms with Crippen LogP contribution in [0.25, 0.3) is 16.9 Å². The second-order valence-corrected chi connectivity index (χ2v) is 8.88. The summed E-state index contributed by atoms with van der Waals surface area (Å²) in [7, 11) is 1.61. The molecule has 0 aliphatic carbocycles. The van der Waals surface area contributed by atoms with Crippen LogP contribution in [0.2, 0.25) is 0 Å². The molecule has 2 amide bonds. The van der Waals surface area contributed by atoms with Gasteiger partial charge in [-0.15, -0.1) is 11.3 Å². The lowest BCUT2D eigenvalue weighted by Gasteiger charge is -2.34. The van der Waals surface area contributed by atoms with Crippen molar-refractivity contribution < 1.29 is 14.3 Å². The standard InChI is InChI=1S/C26H24N4O3S/c1-33-22-11-6-5-10-20(22)24-21(18-30(27-24)19-8-3-2-4-9-19)25(31)28-13-15-29(16-14-28)26(32)23-12-7-17-34-23/h2-12,17-18H,13-16H2,1H3. The van der Waals surface area contributed by atoms with Crippen LogP contribution in [0.1, 0.15) is 20.0 Å². The number of aromatic nitrogens is 2.